The molecule has 1 aromatic heterocycles. The van der Waals surface area contributed by atoms with E-state index in [1.807, 2.05) is 7.05 Å². The van der Waals surface area contributed by atoms with Gasteiger partial charge in [-0.05, 0) is 70.3 Å². The van der Waals surface area contributed by atoms with E-state index < -0.39 is 6.09 Å². The topological polar surface area (TPSA) is 68.7 Å². The summed E-state index contributed by atoms with van der Waals surface area (Å²) in [7, 11) is 2.05. The van der Waals surface area contributed by atoms with Gasteiger partial charge in [-0.25, -0.2) is 9.78 Å². The third kappa shape index (κ3) is 4.70. The van der Waals surface area contributed by atoms with Gasteiger partial charge >= 0.3 is 6.09 Å². The van der Waals surface area contributed by atoms with Crippen molar-refractivity contribution >= 4 is 11.9 Å². The number of aryl methyl sites for hydroxylation is 2. The Labute approximate surface area is 150 Å². The van der Waals surface area contributed by atoms with Gasteiger partial charge in [0.15, 0.2) is 0 Å². The molecule has 2 aliphatic rings. The van der Waals surface area contributed by atoms with E-state index in [4.69, 9.17) is 0 Å². The van der Waals surface area contributed by atoms with Gasteiger partial charge in [0.05, 0.1) is 0 Å². The van der Waals surface area contributed by atoms with Crippen LogP contribution >= 0.6 is 0 Å². The Morgan fingerprint density at radius 3 is 2.96 bits per heavy atom. The SMILES string of the molecule is CNC1CCN(CCCCCc2ccc3c(n2)N(C(=O)O)CCC3)C1. The number of hydrogen-bond acceptors (Lipinski definition) is 4. The molecule has 3 rings (SSSR count). The minimum Gasteiger partial charge on any atom is -0.465 e. The van der Waals surface area contributed by atoms with Crippen LogP contribution in [0.1, 0.15) is 43.4 Å². The van der Waals surface area contributed by atoms with Crippen LogP contribution in [0, 0.1) is 0 Å². The zero-order valence-corrected chi connectivity index (χ0v) is 15.2. The zero-order valence-electron chi connectivity index (χ0n) is 15.2. The van der Waals surface area contributed by atoms with E-state index in [-0.39, 0.29) is 0 Å². The molecule has 1 aromatic rings. The van der Waals surface area contributed by atoms with Crippen LogP contribution in [0.3, 0.4) is 0 Å². The first-order valence-electron chi connectivity index (χ1n) is 9.56. The van der Waals surface area contributed by atoms with Crippen LogP contribution in [0.25, 0.3) is 0 Å². The van der Waals surface area contributed by atoms with E-state index >= 15 is 0 Å². The molecule has 1 amide bonds. The van der Waals surface area contributed by atoms with E-state index in [0.29, 0.717) is 18.4 Å². The average Bonchev–Trinajstić information content (AvgIpc) is 3.08. The third-order valence-electron chi connectivity index (χ3n) is 5.42. The van der Waals surface area contributed by atoms with Crippen molar-refractivity contribution in [1.82, 2.24) is 15.2 Å². The Morgan fingerprint density at radius 2 is 2.20 bits per heavy atom. The normalized spacial score (nSPS) is 20.7. The molecule has 2 N–H and O–H groups in total. The molecule has 0 spiro atoms. The highest BCUT2D eigenvalue weighted by Crippen LogP contribution is 2.25. The van der Waals surface area contributed by atoms with Gasteiger partial charge in [0.25, 0.3) is 0 Å². The number of carbonyl (C=O) groups is 1. The molecule has 6 nitrogen and oxygen atoms in total. The van der Waals surface area contributed by atoms with Gasteiger partial charge in [-0.1, -0.05) is 12.5 Å². The Kier molecular flexibility index (Phi) is 6.26. The quantitative estimate of drug-likeness (QED) is 0.743. The van der Waals surface area contributed by atoms with Crippen LogP contribution in [0.2, 0.25) is 0 Å². The molecule has 0 aliphatic carbocycles. The molecule has 0 saturated carbocycles. The van der Waals surface area contributed by atoms with Crippen molar-refractivity contribution in [1.29, 1.82) is 0 Å². The molecule has 0 aromatic carbocycles. The minimum atomic E-state index is -0.893. The fourth-order valence-electron chi connectivity index (χ4n) is 3.89. The number of unbranched alkanes of at least 4 members (excludes halogenated alkanes) is 2. The predicted octanol–water partition coefficient (Wildman–Crippen LogP) is 2.52. The fraction of sp³-hybridized carbons (Fsp3) is 0.684. The van der Waals surface area contributed by atoms with Gasteiger partial charge < -0.3 is 15.3 Å². The van der Waals surface area contributed by atoms with Crippen molar-refractivity contribution in [2.24, 2.45) is 0 Å². The highest BCUT2D eigenvalue weighted by atomic mass is 16.4. The molecular formula is C19H30N4O2. The van der Waals surface area contributed by atoms with E-state index in [2.05, 4.69) is 27.3 Å². The van der Waals surface area contributed by atoms with Crippen LogP contribution in [-0.4, -0.2) is 60.4 Å². The summed E-state index contributed by atoms with van der Waals surface area (Å²) >= 11 is 0. The molecule has 1 unspecified atom stereocenters. The van der Waals surface area contributed by atoms with Gasteiger partial charge in [0.2, 0.25) is 0 Å². The number of carboxylic acid groups (broad SMARTS) is 1. The molecule has 1 saturated heterocycles. The predicted molar refractivity (Wildman–Crippen MR) is 99.4 cm³/mol. The summed E-state index contributed by atoms with van der Waals surface area (Å²) in [5.41, 5.74) is 2.08. The number of rotatable bonds is 7. The summed E-state index contributed by atoms with van der Waals surface area (Å²) in [5, 5.41) is 12.7. The molecule has 25 heavy (non-hydrogen) atoms. The van der Waals surface area contributed by atoms with Gasteiger partial charge in [-0.15, -0.1) is 0 Å². The standard InChI is InChI=1S/C19H30N4O2/c1-20-17-10-13-22(14-17)11-4-2-3-7-16-9-8-15-6-5-12-23(19(24)25)18(15)21-16/h8-9,17,20H,2-7,10-14H2,1H3,(H,24,25). The highest BCUT2D eigenvalue weighted by molar-refractivity contribution is 5.86. The number of fused-ring (bicyclic) bond motifs is 1. The number of amides is 1. The lowest BCUT2D eigenvalue weighted by Gasteiger charge is -2.26. The van der Waals surface area contributed by atoms with Gasteiger partial charge in [0.1, 0.15) is 5.82 Å². The Morgan fingerprint density at radius 1 is 1.32 bits per heavy atom. The smallest absolute Gasteiger partial charge is 0.413 e. The van der Waals surface area contributed by atoms with Crippen LogP contribution < -0.4 is 10.2 Å². The summed E-state index contributed by atoms with van der Waals surface area (Å²) < 4.78 is 0. The monoisotopic (exact) mass is 346 g/mol. The number of nitrogens with one attached hydrogen (secondary N) is 1. The van der Waals surface area contributed by atoms with Crippen LogP contribution in [0.5, 0.6) is 0 Å². The summed E-state index contributed by atoms with van der Waals surface area (Å²) in [6.45, 7) is 4.13. The number of aromatic nitrogens is 1. The summed E-state index contributed by atoms with van der Waals surface area (Å²) in [5.74, 6) is 0.659. The average molecular weight is 346 g/mol. The number of likely N-dealkylation sites (tertiary alicyclic amines) is 1. The number of hydrogen-bond donors (Lipinski definition) is 2. The summed E-state index contributed by atoms with van der Waals surface area (Å²) in [6, 6.07) is 4.80. The number of nitrogens with zero attached hydrogens (tertiary/aromatic N) is 3. The largest absolute Gasteiger partial charge is 0.465 e. The van der Waals surface area contributed by atoms with Crippen molar-refractivity contribution in [2.45, 2.75) is 51.0 Å². The van der Waals surface area contributed by atoms with Gasteiger partial charge in [-0.2, -0.15) is 0 Å². The van der Waals surface area contributed by atoms with Gasteiger partial charge in [0, 0.05) is 24.8 Å². The van der Waals surface area contributed by atoms with Crippen molar-refractivity contribution < 1.29 is 9.90 Å². The minimum absolute atomic E-state index is 0.558. The van der Waals surface area contributed by atoms with Crippen LogP contribution in [0.4, 0.5) is 10.6 Å². The third-order valence-corrected chi connectivity index (χ3v) is 5.42. The van der Waals surface area contributed by atoms with Gasteiger partial charge in [-0.3, -0.25) is 4.90 Å². The lowest BCUT2D eigenvalue weighted by atomic mass is 10.0. The van der Waals surface area contributed by atoms with Crippen molar-refractivity contribution in [3.05, 3.63) is 23.4 Å². The number of anilines is 1. The summed E-state index contributed by atoms with van der Waals surface area (Å²) in [4.78, 5) is 20.0. The molecule has 6 heteroatoms. The van der Waals surface area contributed by atoms with E-state index in [9.17, 15) is 9.90 Å². The highest BCUT2D eigenvalue weighted by Gasteiger charge is 2.23. The molecule has 0 radical (unpaired) electrons. The lowest BCUT2D eigenvalue weighted by molar-refractivity contribution is 0.201. The summed E-state index contributed by atoms with van der Waals surface area (Å²) in [6.07, 6.45) is 6.64. The molecule has 138 valence electrons. The second kappa shape index (κ2) is 8.63. The maximum Gasteiger partial charge on any atom is 0.413 e. The van der Waals surface area contributed by atoms with E-state index in [1.54, 1.807) is 0 Å². The van der Waals surface area contributed by atoms with Crippen molar-refractivity contribution in [3.8, 4) is 0 Å². The molecular weight excluding hydrogens is 316 g/mol. The Bertz CT molecular complexity index is 593. The van der Waals surface area contributed by atoms with Crippen LogP contribution in [-0.2, 0) is 12.8 Å². The lowest BCUT2D eigenvalue weighted by Crippen LogP contribution is -2.35. The Balaban J connectivity index is 1.43. The van der Waals surface area contributed by atoms with Crippen molar-refractivity contribution in [3.63, 3.8) is 0 Å². The van der Waals surface area contributed by atoms with Crippen molar-refractivity contribution in [2.75, 3.05) is 38.1 Å². The van der Waals surface area contributed by atoms with E-state index in [0.717, 1.165) is 36.9 Å². The maximum atomic E-state index is 11.4. The maximum absolute atomic E-state index is 11.4. The Hall–Kier alpha value is -1.66. The first-order chi connectivity index (χ1) is 12.2. The molecule has 2 aliphatic heterocycles. The number of likely N-dealkylation sites (N-methyl/N-ethyl adjacent to an activating group) is 1. The molecule has 1 atom stereocenters. The first kappa shape index (κ1) is 18.1. The zero-order chi connectivity index (χ0) is 17.6. The van der Waals surface area contributed by atoms with E-state index in [1.165, 1.54) is 43.8 Å². The molecule has 0 bridgehead atoms. The molecule has 3 heterocycles. The van der Waals surface area contributed by atoms with Crippen LogP contribution in [0.15, 0.2) is 12.1 Å². The first-order valence-corrected chi connectivity index (χ1v) is 9.56. The second-order valence-corrected chi connectivity index (χ2v) is 7.21. The fourth-order valence-corrected chi connectivity index (χ4v) is 3.89. The molecule has 1 fully saturated rings. The number of pyridine rings is 1. The second-order valence-electron chi connectivity index (χ2n) is 7.21.